The van der Waals surface area contributed by atoms with Crippen LogP contribution in [0.2, 0.25) is 0 Å². The van der Waals surface area contributed by atoms with Crippen molar-refractivity contribution in [1.29, 1.82) is 0 Å². The third kappa shape index (κ3) is 2.21. The Kier molecular flexibility index (Phi) is 3.18. The Morgan fingerprint density at radius 2 is 2.09 bits per heavy atom. The minimum absolute atomic E-state index is 0.0315. The summed E-state index contributed by atoms with van der Waals surface area (Å²) < 4.78 is 0. The molecule has 118 valence electrons. The van der Waals surface area contributed by atoms with Crippen LogP contribution in [0.1, 0.15) is 19.4 Å². The number of nitrogens with one attached hydrogen (secondary N) is 2. The Bertz CT molecular complexity index is 773. The van der Waals surface area contributed by atoms with E-state index in [9.17, 15) is 4.79 Å². The molecule has 1 aromatic carbocycles. The van der Waals surface area contributed by atoms with Crippen LogP contribution in [0.5, 0.6) is 0 Å². The van der Waals surface area contributed by atoms with Crippen molar-refractivity contribution in [3.63, 3.8) is 0 Å². The van der Waals surface area contributed by atoms with Crippen molar-refractivity contribution in [2.24, 2.45) is 5.92 Å². The molecule has 23 heavy (non-hydrogen) atoms. The number of rotatable bonds is 2. The summed E-state index contributed by atoms with van der Waals surface area (Å²) >= 11 is 0. The second-order valence-electron chi connectivity index (χ2n) is 6.31. The summed E-state index contributed by atoms with van der Waals surface area (Å²) in [6.07, 6.45) is 2.53. The summed E-state index contributed by atoms with van der Waals surface area (Å²) in [6, 6.07) is 8.03. The van der Waals surface area contributed by atoms with E-state index in [2.05, 4.69) is 37.6 Å². The van der Waals surface area contributed by atoms with Crippen molar-refractivity contribution in [2.75, 3.05) is 22.1 Å². The summed E-state index contributed by atoms with van der Waals surface area (Å²) in [7, 11) is 0. The molecule has 2 aliphatic heterocycles. The minimum atomic E-state index is -0.267. The largest absolute Gasteiger partial charge is 0.356 e. The maximum Gasteiger partial charge on any atom is 0.247 e. The molecule has 0 saturated carbocycles. The molecule has 6 heteroatoms. The number of carbonyl (C=O) groups is 1. The number of aromatic nitrogens is 2. The summed E-state index contributed by atoms with van der Waals surface area (Å²) in [5.74, 6) is 1.60. The van der Waals surface area contributed by atoms with Crippen LogP contribution in [0, 0.1) is 5.92 Å². The molecule has 0 saturated heterocycles. The highest BCUT2D eigenvalue weighted by molar-refractivity contribution is 6.05. The maximum absolute atomic E-state index is 12.4. The minimum Gasteiger partial charge on any atom is -0.356 e. The topological polar surface area (TPSA) is 70.2 Å². The fourth-order valence-electron chi connectivity index (χ4n) is 3.25. The van der Waals surface area contributed by atoms with Gasteiger partial charge in [-0.1, -0.05) is 32.0 Å². The SMILES string of the molecule is CC(C)C1Nc2ncnc(N3CCc4ccccc43)c2NC1=O. The molecule has 0 fully saturated rings. The van der Waals surface area contributed by atoms with E-state index in [1.54, 1.807) is 6.33 Å². The quantitative estimate of drug-likeness (QED) is 0.892. The van der Waals surface area contributed by atoms with Crippen LogP contribution in [-0.2, 0) is 11.2 Å². The van der Waals surface area contributed by atoms with Crippen LogP contribution in [0.4, 0.5) is 23.0 Å². The zero-order chi connectivity index (χ0) is 16.0. The van der Waals surface area contributed by atoms with Gasteiger partial charge in [0.15, 0.2) is 11.6 Å². The van der Waals surface area contributed by atoms with Gasteiger partial charge in [-0.2, -0.15) is 0 Å². The van der Waals surface area contributed by atoms with E-state index in [0.717, 1.165) is 24.5 Å². The molecule has 0 bridgehead atoms. The monoisotopic (exact) mass is 309 g/mol. The highest BCUT2D eigenvalue weighted by Crippen LogP contribution is 2.40. The van der Waals surface area contributed by atoms with Gasteiger partial charge in [-0.3, -0.25) is 4.79 Å². The molecule has 2 N–H and O–H groups in total. The molecule has 0 radical (unpaired) electrons. The number of benzene rings is 1. The van der Waals surface area contributed by atoms with Gasteiger partial charge in [-0.15, -0.1) is 0 Å². The van der Waals surface area contributed by atoms with Crippen molar-refractivity contribution >= 4 is 28.9 Å². The van der Waals surface area contributed by atoms with Crippen molar-refractivity contribution in [3.8, 4) is 0 Å². The van der Waals surface area contributed by atoms with Crippen LogP contribution in [0.25, 0.3) is 0 Å². The van der Waals surface area contributed by atoms with Crippen LogP contribution in [-0.4, -0.2) is 28.5 Å². The van der Waals surface area contributed by atoms with Crippen LogP contribution in [0.3, 0.4) is 0 Å². The van der Waals surface area contributed by atoms with Gasteiger partial charge in [0.05, 0.1) is 0 Å². The molecule has 0 spiro atoms. The van der Waals surface area contributed by atoms with Gasteiger partial charge in [-0.25, -0.2) is 9.97 Å². The fraction of sp³-hybridized carbons (Fsp3) is 0.353. The average molecular weight is 309 g/mol. The van der Waals surface area contributed by atoms with Gasteiger partial charge < -0.3 is 15.5 Å². The Balaban J connectivity index is 1.76. The van der Waals surface area contributed by atoms with Crippen LogP contribution in [0.15, 0.2) is 30.6 Å². The van der Waals surface area contributed by atoms with Crippen molar-refractivity contribution in [3.05, 3.63) is 36.2 Å². The van der Waals surface area contributed by atoms with Gasteiger partial charge in [0.25, 0.3) is 0 Å². The highest BCUT2D eigenvalue weighted by Gasteiger charge is 2.33. The number of hydrogen-bond acceptors (Lipinski definition) is 5. The molecular weight excluding hydrogens is 290 g/mol. The summed E-state index contributed by atoms with van der Waals surface area (Å²) in [5.41, 5.74) is 3.12. The number of fused-ring (bicyclic) bond motifs is 2. The predicted octanol–water partition coefficient (Wildman–Crippen LogP) is 2.56. The molecule has 3 heterocycles. The van der Waals surface area contributed by atoms with E-state index < -0.39 is 0 Å². The highest BCUT2D eigenvalue weighted by atomic mass is 16.2. The molecule has 1 amide bonds. The third-order valence-corrected chi connectivity index (χ3v) is 4.46. The van der Waals surface area contributed by atoms with Crippen LogP contribution >= 0.6 is 0 Å². The lowest BCUT2D eigenvalue weighted by molar-refractivity contribution is -0.117. The number of nitrogens with zero attached hydrogens (tertiary/aromatic N) is 3. The molecule has 4 rings (SSSR count). The van der Waals surface area contributed by atoms with Gasteiger partial charge >= 0.3 is 0 Å². The normalized spacial score (nSPS) is 19.2. The zero-order valence-electron chi connectivity index (χ0n) is 13.2. The number of amides is 1. The summed E-state index contributed by atoms with van der Waals surface area (Å²) in [4.78, 5) is 23.3. The number of hydrogen-bond donors (Lipinski definition) is 2. The Morgan fingerprint density at radius 1 is 1.26 bits per heavy atom. The van der Waals surface area contributed by atoms with Crippen molar-refractivity contribution in [2.45, 2.75) is 26.3 Å². The predicted molar refractivity (Wildman–Crippen MR) is 90.1 cm³/mol. The van der Waals surface area contributed by atoms with Crippen LogP contribution < -0.4 is 15.5 Å². The summed E-state index contributed by atoms with van der Waals surface area (Å²) in [6.45, 7) is 4.88. The molecule has 1 unspecified atom stereocenters. The van der Waals surface area contributed by atoms with Crippen molar-refractivity contribution < 1.29 is 4.79 Å². The molecule has 6 nitrogen and oxygen atoms in total. The average Bonchev–Trinajstić information content (AvgIpc) is 2.97. The second kappa shape index (κ2) is 5.22. The Morgan fingerprint density at radius 3 is 2.91 bits per heavy atom. The first-order valence-corrected chi connectivity index (χ1v) is 7.93. The van der Waals surface area contributed by atoms with Gasteiger partial charge in [0.2, 0.25) is 5.91 Å². The van der Waals surface area contributed by atoms with E-state index in [4.69, 9.17) is 0 Å². The third-order valence-electron chi connectivity index (χ3n) is 4.46. The molecule has 2 aromatic rings. The number of anilines is 4. The smallest absolute Gasteiger partial charge is 0.247 e. The lowest BCUT2D eigenvalue weighted by Gasteiger charge is -2.31. The van der Waals surface area contributed by atoms with Gasteiger partial charge in [0, 0.05) is 12.2 Å². The molecule has 1 atom stereocenters. The van der Waals surface area contributed by atoms with E-state index >= 15 is 0 Å². The Labute approximate surface area is 134 Å². The zero-order valence-corrected chi connectivity index (χ0v) is 13.2. The number of carbonyl (C=O) groups excluding carboxylic acids is 1. The fourth-order valence-corrected chi connectivity index (χ4v) is 3.25. The lowest BCUT2D eigenvalue weighted by atomic mass is 10.0. The standard InChI is InChI=1S/C17H19N5O/c1-10(2)13-17(23)21-14-15(20-13)18-9-19-16(14)22-8-7-11-5-3-4-6-12(11)22/h3-6,9-10,13H,7-8H2,1-2H3,(H,21,23)(H,18,19,20). The first-order chi connectivity index (χ1) is 11.1. The van der Waals surface area contributed by atoms with E-state index in [-0.39, 0.29) is 17.9 Å². The molecule has 0 aliphatic carbocycles. The van der Waals surface area contributed by atoms with Crippen molar-refractivity contribution in [1.82, 2.24) is 9.97 Å². The maximum atomic E-state index is 12.4. The second-order valence-corrected chi connectivity index (χ2v) is 6.31. The van der Waals surface area contributed by atoms with E-state index in [1.165, 1.54) is 5.56 Å². The number of para-hydroxylation sites is 1. The lowest BCUT2D eigenvalue weighted by Crippen LogP contribution is -2.43. The first-order valence-electron chi connectivity index (χ1n) is 7.93. The van der Waals surface area contributed by atoms with Gasteiger partial charge in [0.1, 0.15) is 18.1 Å². The molecule has 2 aliphatic rings. The first kappa shape index (κ1) is 14.0. The molecule has 1 aromatic heterocycles. The van der Waals surface area contributed by atoms with E-state index in [1.807, 2.05) is 26.0 Å². The molecular formula is C17H19N5O. The summed E-state index contributed by atoms with van der Waals surface area (Å²) in [5, 5.41) is 6.24. The van der Waals surface area contributed by atoms with E-state index in [0.29, 0.717) is 11.5 Å². The van der Waals surface area contributed by atoms with Gasteiger partial charge in [-0.05, 0) is 24.0 Å². The Hall–Kier alpha value is -2.63.